The summed E-state index contributed by atoms with van der Waals surface area (Å²) in [6.07, 6.45) is 1.75. The van der Waals surface area contributed by atoms with Gasteiger partial charge in [0.1, 0.15) is 5.75 Å². The Morgan fingerprint density at radius 2 is 1.76 bits per heavy atom. The SMILES string of the molecule is Cc1cccc(CS(=O)(=O)NCCCc2ccc(OC(C)C)cc2)c1. The van der Waals surface area contributed by atoms with E-state index in [1.54, 1.807) is 0 Å². The van der Waals surface area contributed by atoms with Crippen LogP contribution in [0.25, 0.3) is 0 Å². The lowest BCUT2D eigenvalue weighted by atomic mass is 10.1. The highest BCUT2D eigenvalue weighted by Crippen LogP contribution is 2.15. The second-order valence-electron chi connectivity index (χ2n) is 6.56. The van der Waals surface area contributed by atoms with Crippen LogP contribution in [0.15, 0.2) is 48.5 Å². The van der Waals surface area contributed by atoms with Crippen molar-refractivity contribution in [2.75, 3.05) is 6.54 Å². The molecule has 4 nitrogen and oxygen atoms in total. The van der Waals surface area contributed by atoms with Crippen LogP contribution in [0.1, 0.15) is 37.0 Å². The van der Waals surface area contributed by atoms with Gasteiger partial charge in [-0.3, -0.25) is 0 Å². The van der Waals surface area contributed by atoms with Gasteiger partial charge in [0.15, 0.2) is 0 Å². The van der Waals surface area contributed by atoms with E-state index < -0.39 is 10.0 Å². The van der Waals surface area contributed by atoms with Crippen molar-refractivity contribution in [3.63, 3.8) is 0 Å². The summed E-state index contributed by atoms with van der Waals surface area (Å²) in [4.78, 5) is 0. The van der Waals surface area contributed by atoms with Crippen molar-refractivity contribution in [2.45, 2.75) is 45.5 Å². The summed E-state index contributed by atoms with van der Waals surface area (Å²) in [6.45, 7) is 6.40. The van der Waals surface area contributed by atoms with Gasteiger partial charge >= 0.3 is 0 Å². The highest BCUT2D eigenvalue weighted by Gasteiger charge is 2.10. The van der Waals surface area contributed by atoms with Crippen molar-refractivity contribution < 1.29 is 13.2 Å². The summed E-state index contributed by atoms with van der Waals surface area (Å²) in [5.41, 5.74) is 3.06. The molecular weight excluding hydrogens is 334 g/mol. The molecule has 0 aliphatic heterocycles. The number of rotatable bonds is 9. The molecule has 0 spiro atoms. The minimum Gasteiger partial charge on any atom is -0.491 e. The summed E-state index contributed by atoms with van der Waals surface area (Å²) in [7, 11) is -3.30. The molecule has 0 aliphatic carbocycles. The first-order valence-corrected chi connectivity index (χ1v) is 10.3. The van der Waals surface area contributed by atoms with E-state index in [9.17, 15) is 8.42 Å². The van der Waals surface area contributed by atoms with Crippen LogP contribution in [-0.4, -0.2) is 21.1 Å². The van der Waals surface area contributed by atoms with E-state index in [0.717, 1.165) is 29.7 Å². The maximum Gasteiger partial charge on any atom is 0.215 e. The van der Waals surface area contributed by atoms with Gasteiger partial charge in [0, 0.05) is 6.54 Å². The minimum absolute atomic E-state index is 0.0237. The van der Waals surface area contributed by atoms with Crippen LogP contribution in [0.5, 0.6) is 5.75 Å². The van der Waals surface area contributed by atoms with E-state index in [2.05, 4.69) is 4.72 Å². The Labute approximate surface area is 151 Å². The number of aryl methyl sites for hydroxylation is 2. The van der Waals surface area contributed by atoms with Crippen molar-refractivity contribution in [1.82, 2.24) is 4.72 Å². The first kappa shape index (κ1) is 19.5. The molecule has 0 bridgehead atoms. The Balaban J connectivity index is 1.76. The van der Waals surface area contributed by atoms with Crippen LogP contribution in [0, 0.1) is 6.92 Å². The van der Waals surface area contributed by atoms with E-state index in [1.165, 1.54) is 5.56 Å². The molecule has 0 saturated heterocycles. The molecule has 0 amide bonds. The third kappa shape index (κ3) is 7.28. The molecule has 0 unspecified atom stereocenters. The third-order valence-corrected chi connectivity index (χ3v) is 5.06. The monoisotopic (exact) mass is 361 g/mol. The molecule has 0 fully saturated rings. The molecule has 0 heterocycles. The van der Waals surface area contributed by atoms with Crippen molar-refractivity contribution in [3.05, 3.63) is 65.2 Å². The molecule has 0 saturated carbocycles. The predicted molar refractivity (Wildman–Crippen MR) is 102 cm³/mol. The lowest BCUT2D eigenvalue weighted by molar-refractivity contribution is 0.242. The molecule has 0 radical (unpaired) electrons. The molecule has 136 valence electrons. The number of hydrogen-bond acceptors (Lipinski definition) is 3. The van der Waals surface area contributed by atoms with Crippen molar-refractivity contribution in [2.24, 2.45) is 0 Å². The van der Waals surface area contributed by atoms with Gasteiger partial charge in [0.25, 0.3) is 0 Å². The lowest BCUT2D eigenvalue weighted by Crippen LogP contribution is -2.26. The van der Waals surface area contributed by atoms with Gasteiger partial charge in [0.05, 0.1) is 11.9 Å². The van der Waals surface area contributed by atoms with Crippen LogP contribution in [-0.2, 0) is 22.2 Å². The topological polar surface area (TPSA) is 55.4 Å². The normalized spacial score (nSPS) is 11.7. The average Bonchev–Trinajstić information content (AvgIpc) is 2.52. The quantitative estimate of drug-likeness (QED) is 0.691. The van der Waals surface area contributed by atoms with E-state index in [1.807, 2.05) is 69.3 Å². The van der Waals surface area contributed by atoms with Crippen molar-refractivity contribution in [3.8, 4) is 5.75 Å². The Morgan fingerprint density at radius 3 is 2.40 bits per heavy atom. The van der Waals surface area contributed by atoms with Crippen molar-refractivity contribution in [1.29, 1.82) is 0 Å². The molecule has 1 N–H and O–H groups in total. The number of hydrogen-bond donors (Lipinski definition) is 1. The summed E-state index contributed by atoms with van der Waals surface area (Å²) >= 11 is 0. The van der Waals surface area contributed by atoms with Gasteiger partial charge < -0.3 is 4.74 Å². The first-order valence-electron chi connectivity index (χ1n) is 8.62. The fourth-order valence-electron chi connectivity index (χ4n) is 2.60. The van der Waals surface area contributed by atoms with E-state index in [4.69, 9.17) is 4.74 Å². The molecule has 25 heavy (non-hydrogen) atoms. The van der Waals surface area contributed by atoms with E-state index >= 15 is 0 Å². The molecule has 2 aromatic carbocycles. The largest absolute Gasteiger partial charge is 0.491 e. The first-order chi connectivity index (χ1) is 11.8. The zero-order valence-electron chi connectivity index (χ0n) is 15.2. The minimum atomic E-state index is -3.30. The van der Waals surface area contributed by atoms with Crippen molar-refractivity contribution >= 4 is 10.0 Å². The molecule has 2 rings (SSSR count). The fourth-order valence-corrected chi connectivity index (χ4v) is 3.78. The van der Waals surface area contributed by atoms with Gasteiger partial charge in [-0.05, 0) is 56.9 Å². The highest BCUT2D eigenvalue weighted by atomic mass is 32.2. The summed E-state index contributed by atoms with van der Waals surface area (Å²) < 4.78 is 32.6. The second kappa shape index (κ2) is 9.02. The van der Waals surface area contributed by atoms with Crippen LogP contribution >= 0.6 is 0 Å². The molecular formula is C20H27NO3S. The predicted octanol–water partition coefficient (Wildman–Crippen LogP) is 3.83. The Kier molecular flexibility index (Phi) is 7.02. The van der Waals surface area contributed by atoms with Gasteiger partial charge in [-0.15, -0.1) is 0 Å². The summed E-state index contributed by atoms with van der Waals surface area (Å²) in [5.74, 6) is 0.883. The fraction of sp³-hybridized carbons (Fsp3) is 0.400. The van der Waals surface area contributed by atoms with Crippen LogP contribution in [0.3, 0.4) is 0 Å². The lowest BCUT2D eigenvalue weighted by Gasteiger charge is -2.10. The van der Waals surface area contributed by atoms with Gasteiger partial charge in [-0.2, -0.15) is 0 Å². The molecule has 0 aromatic heterocycles. The van der Waals surface area contributed by atoms with Crippen LogP contribution < -0.4 is 9.46 Å². The van der Waals surface area contributed by atoms with E-state index in [-0.39, 0.29) is 11.9 Å². The number of nitrogens with one attached hydrogen (secondary N) is 1. The Hall–Kier alpha value is -1.85. The van der Waals surface area contributed by atoms with Crippen LogP contribution in [0.4, 0.5) is 0 Å². The smallest absolute Gasteiger partial charge is 0.215 e. The average molecular weight is 362 g/mol. The number of sulfonamides is 1. The molecule has 5 heteroatoms. The second-order valence-corrected chi connectivity index (χ2v) is 8.36. The molecule has 2 aromatic rings. The van der Waals surface area contributed by atoms with Crippen LogP contribution in [0.2, 0.25) is 0 Å². The van der Waals surface area contributed by atoms with Gasteiger partial charge in [0.2, 0.25) is 10.0 Å². The zero-order valence-corrected chi connectivity index (χ0v) is 16.0. The number of benzene rings is 2. The maximum atomic E-state index is 12.1. The maximum absolute atomic E-state index is 12.1. The zero-order chi connectivity index (χ0) is 18.3. The van der Waals surface area contributed by atoms with Gasteiger partial charge in [-0.1, -0.05) is 42.0 Å². The molecule has 0 aliphatic rings. The molecule has 0 atom stereocenters. The summed E-state index contributed by atoms with van der Waals surface area (Å²) in [6, 6.07) is 15.5. The highest BCUT2D eigenvalue weighted by molar-refractivity contribution is 7.88. The number of ether oxygens (including phenoxy) is 1. The standard InChI is InChI=1S/C20H27NO3S/c1-16(2)24-20-11-9-18(10-12-20)8-5-13-21-25(22,23)15-19-7-4-6-17(3)14-19/h4,6-7,9-12,14,16,21H,5,8,13,15H2,1-3H3. The van der Waals surface area contributed by atoms with E-state index in [0.29, 0.717) is 6.54 Å². The third-order valence-electron chi connectivity index (χ3n) is 3.70. The Bertz CT molecular complexity index is 768. The summed E-state index contributed by atoms with van der Waals surface area (Å²) in [5, 5.41) is 0. The van der Waals surface area contributed by atoms with Gasteiger partial charge in [-0.25, -0.2) is 13.1 Å². The Morgan fingerprint density at radius 1 is 1.04 bits per heavy atom.